The van der Waals surface area contributed by atoms with Gasteiger partial charge < -0.3 is 0 Å². The Balaban J connectivity index is 1.71. The van der Waals surface area contributed by atoms with Gasteiger partial charge in [0.2, 0.25) is 0 Å². The molecule has 0 aliphatic carbocycles. The number of aryl methyl sites for hydroxylation is 1. The summed E-state index contributed by atoms with van der Waals surface area (Å²) in [5.41, 5.74) is 5.58. The Morgan fingerprint density at radius 2 is 2.05 bits per heavy atom. The lowest BCUT2D eigenvalue weighted by Crippen LogP contribution is -2.17. The first-order chi connectivity index (χ1) is 9.22. The van der Waals surface area contributed by atoms with Crippen molar-refractivity contribution >= 4 is 22.8 Å². The number of aromatic nitrogens is 4. The topological polar surface area (TPSA) is 57.7 Å². The van der Waals surface area contributed by atoms with Gasteiger partial charge in [0, 0.05) is 24.3 Å². The number of hydrogen-bond acceptors (Lipinski definition) is 5. The van der Waals surface area contributed by atoms with Crippen molar-refractivity contribution in [1.82, 2.24) is 23.8 Å². The summed E-state index contributed by atoms with van der Waals surface area (Å²) < 4.78 is 8.49. The normalized spacial score (nSPS) is 11.5. The van der Waals surface area contributed by atoms with E-state index in [9.17, 15) is 0 Å². The molecule has 2 aromatic heterocycles. The summed E-state index contributed by atoms with van der Waals surface area (Å²) in [7, 11) is 2.11. The maximum atomic E-state index is 4.27. The van der Waals surface area contributed by atoms with Crippen molar-refractivity contribution in [3.8, 4) is 0 Å². The second kappa shape index (κ2) is 5.07. The summed E-state index contributed by atoms with van der Waals surface area (Å²) in [6.07, 6.45) is 1.89. The maximum Gasteiger partial charge on any atom is 0.105 e. The largest absolute Gasteiger partial charge is 0.298 e. The minimum atomic E-state index is 0.885. The first-order valence-electron chi connectivity index (χ1n) is 6.11. The van der Waals surface area contributed by atoms with Gasteiger partial charge in [-0.1, -0.05) is 6.07 Å². The highest BCUT2D eigenvalue weighted by Gasteiger charge is 2.07. The molecule has 98 valence electrons. The molecule has 0 saturated carbocycles. The van der Waals surface area contributed by atoms with Gasteiger partial charge in [0.25, 0.3) is 0 Å². The van der Waals surface area contributed by atoms with Gasteiger partial charge >= 0.3 is 0 Å². The van der Waals surface area contributed by atoms with Gasteiger partial charge in [-0.3, -0.25) is 10.00 Å². The number of rotatable bonds is 4. The van der Waals surface area contributed by atoms with Gasteiger partial charge in [0.15, 0.2) is 0 Å². The van der Waals surface area contributed by atoms with Gasteiger partial charge in [-0.05, 0) is 31.7 Å². The lowest BCUT2D eigenvalue weighted by atomic mass is 10.2. The zero-order chi connectivity index (χ0) is 13.2. The number of nitrogens with zero attached hydrogens (tertiary/aromatic N) is 4. The molecule has 0 fully saturated rings. The first kappa shape index (κ1) is 12.3. The van der Waals surface area contributed by atoms with E-state index in [2.05, 4.69) is 43.0 Å². The van der Waals surface area contributed by atoms with Gasteiger partial charge in [0.05, 0.1) is 17.9 Å². The Bertz CT molecular complexity index is 687. The van der Waals surface area contributed by atoms with Crippen LogP contribution in [0.2, 0.25) is 0 Å². The fourth-order valence-corrected chi connectivity index (χ4v) is 2.64. The van der Waals surface area contributed by atoms with Crippen LogP contribution in [0.3, 0.4) is 0 Å². The monoisotopic (exact) mass is 273 g/mol. The van der Waals surface area contributed by atoms with Crippen LogP contribution < -0.4 is 0 Å². The third kappa shape index (κ3) is 2.64. The van der Waals surface area contributed by atoms with Crippen LogP contribution in [-0.2, 0) is 13.1 Å². The first-order valence-corrected chi connectivity index (χ1v) is 6.84. The van der Waals surface area contributed by atoms with Crippen LogP contribution in [0.1, 0.15) is 16.8 Å². The van der Waals surface area contributed by atoms with Crippen LogP contribution >= 0.6 is 11.7 Å². The molecule has 0 unspecified atom stereocenters. The molecule has 19 heavy (non-hydrogen) atoms. The second-order valence-corrected chi connectivity index (χ2v) is 5.31. The smallest absolute Gasteiger partial charge is 0.105 e. The molecule has 0 saturated heterocycles. The van der Waals surface area contributed by atoms with Crippen molar-refractivity contribution < 1.29 is 0 Å². The highest BCUT2D eigenvalue weighted by atomic mass is 32.1. The molecule has 1 aromatic carbocycles. The minimum Gasteiger partial charge on any atom is -0.298 e. The predicted molar refractivity (Wildman–Crippen MR) is 75.9 cm³/mol. The summed E-state index contributed by atoms with van der Waals surface area (Å²) in [4.78, 5) is 2.26. The molecule has 0 atom stereocenters. The SMILES string of the molecule is Cc1[nH]ncc1CN(C)Cc1ccc2nsnc2c1. The molecule has 0 aliphatic heterocycles. The zero-order valence-corrected chi connectivity index (χ0v) is 11.7. The van der Waals surface area contributed by atoms with E-state index in [0.29, 0.717) is 0 Å². The van der Waals surface area contributed by atoms with Crippen LogP contribution in [0.5, 0.6) is 0 Å². The molecule has 0 amide bonds. The molecule has 1 N–H and O–H groups in total. The Kier molecular flexibility index (Phi) is 3.27. The average Bonchev–Trinajstić information content (AvgIpc) is 2.98. The average molecular weight is 273 g/mol. The third-order valence-electron chi connectivity index (χ3n) is 3.15. The van der Waals surface area contributed by atoms with Gasteiger partial charge in [-0.15, -0.1) is 0 Å². The highest BCUT2D eigenvalue weighted by molar-refractivity contribution is 7.00. The van der Waals surface area contributed by atoms with E-state index >= 15 is 0 Å². The van der Waals surface area contributed by atoms with Crippen molar-refractivity contribution in [1.29, 1.82) is 0 Å². The minimum absolute atomic E-state index is 0.885. The molecule has 0 spiro atoms. The lowest BCUT2D eigenvalue weighted by Gasteiger charge is -2.16. The van der Waals surface area contributed by atoms with Gasteiger partial charge in [-0.25, -0.2) is 0 Å². The number of fused-ring (bicyclic) bond motifs is 1. The van der Waals surface area contributed by atoms with Crippen molar-refractivity contribution in [2.45, 2.75) is 20.0 Å². The van der Waals surface area contributed by atoms with E-state index in [1.807, 2.05) is 19.2 Å². The third-order valence-corrected chi connectivity index (χ3v) is 3.70. The maximum absolute atomic E-state index is 4.27. The lowest BCUT2D eigenvalue weighted by molar-refractivity contribution is 0.318. The van der Waals surface area contributed by atoms with Crippen molar-refractivity contribution in [3.63, 3.8) is 0 Å². The van der Waals surface area contributed by atoms with E-state index in [0.717, 1.165) is 29.8 Å². The molecule has 3 aromatic rings. The number of nitrogens with one attached hydrogen (secondary N) is 1. The van der Waals surface area contributed by atoms with Crippen molar-refractivity contribution in [2.24, 2.45) is 0 Å². The summed E-state index contributed by atoms with van der Waals surface area (Å²) in [6, 6.07) is 6.26. The molecule has 3 rings (SSSR count). The molecule has 2 heterocycles. The fourth-order valence-electron chi connectivity index (χ4n) is 2.12. The van der Waals surface area contributed by atoms with Crippen LogP contribution in [0, 0.1) is 6.92 Å². The molecule has 0 aliphatic rings. The fraction of sp³-hybridized carbons (Fsp3) is 0.308. The number of benzene rings is 1. The Morgan fingerprint density at radius 1 is 1.21 bits per heavy atom. The number of H-pyrrole nitrogens is 1. The second-order valence-electron chi connectivity index (χ2n) is 4.78. The summed E-state index contributed by atoms with van der Waals surface area (Å²) in [6.45, 7) is 3.82. The van der Waals surface area contributed by atoms with Crippen LogP contribution in [0.4, 0.5) is 0 Å². The molecule has 6 heteroatoms. The molecular formula is C13H15N5S. The summed E-state index contributed by atoms with van der Waals surface area (Å²) >= 11 is 1.26. The molecule has 5 nitrogen and oxygen atoms in total. The Hall–Kier alpha value is -1.79. The Morgan fingerprint density at radius 3 is 2.84 bits per heavy atom. The summed E-state index contributed by atoms with van der Waals surface area (Å²) in [5.74, 6) is 0. The van der Waals surface area contributed by atoms with E-state index in [1.54, 1.807) is 0 Å². The summed E-state index contributed by atoms with van der Waals surface area (Å²) in [5, 5.41) is 7.01. The van der Waals surface area contributed by atoms with Crippen molar-refractivity contribution in [3.05, 3.63) is 41.2 Å². The van der Waals surface area contributed by atoms with Crippen molar-refractivity contribution in [2.75, 3.05) is 7.05 Å². The predicted octanol–water partition coefficient (Wildman–Crippen LogP) is 2.35. The standard InChI is InChI=1S/C13H15N5S/c1-9-11(6-14-15-9)8-18(2)7-10-3-4-12-13(5-10)17-19-16-12/h3-6H,7-8H2,1-2H3,(H,14,15). The quantitative estimate of drug-likeness (QED) is 0.792. The number of hydrogen-bond donors (Lipinski definition) is 1. The molecular weight excluding hydrogens is 258 g/mol. The van der Waals surface area contributed by atoms with Crippen LogP contribution in [0.25, 0.3) is 11.0 Å². The van der Waals surface area contributed by atoms with Gasteiger partial charge in [0.1, 0.15) is 11.0 Å². The highest BCUT2D eigenvalue weighted by Crippen LogP contribution is 2.15. The number of aromatic amines is 1. The van der Waals surface area contributed by atoms with Gasteiger partial charge in [-0.2, -0.15) is 13.8 Å². The van der Waals surface area contributed by atoms with Crippen LogP contribution in [0.15, 0.2) is 24.4 Å². The van der Waals surface area contributed by atoms with E-state index in [-0.39, 0.29) is 0 Å². The Labute approximate surface area is 115 Å². The molecule has 0 bridgehead atoms. The van der Waals surface area contributed by atoms with E-state index in [1.165, 1.54) is 22.9 Å². The molecule has 0 radical (unpaired) electrons. The zero-order valence-electron chi connectivity index (χ0n) is 10.9. The van der Waals surface area contributed by atoms with E-state index < -0.39 is 0 Å². The van der Waals surface area contributed by atoms with Crippen LogP contribution in [-0.4, -0.2) is 30.9 Å². The van der Waals surface area contributed by atoms with E-state index in [4.69, 9.17) is 0 Å².